The van der Waals surface area contributed by atoms with Gasteiger partial charge in [-0.15, -0.1) is 0 Å². The molecule has 34 heavy (non-hydrogen) atoms. The molecule has 0 spiro atoms. The van der Waals surface area contributed by atoms with E-state index < -0.39 is 0 Å². The molecule has 1 N–H and O–H groups in total. The van der Waals surface area contributed by atoms with Crippen molar-refractivity contribution in [1.82, 2.24) is 10.4 Å². The summed E-state index contributed by atoms with van der Waals surface area (Å²) in [5, 5.41) is 5.22. The number of halogens is 1. The van der Waals surface area contributed by atoms with Gasteiger partial charge in [0.05, 0.1) is 35.1 Å². The highest BCUT2D eigenvalue weighted by Gasteiger charge is 2.14. The zero-order valence-electron chi connectivity index (χ0n) is 18.5. The minimum absolute atomic E-state index is 0.296. The molecule has 170 valence electrons. The molecule has 7 heteroatoms. The molecule has 3 aromatic carbocycles. The molecular formula is C27H22ClN3O3. The fourth-order valence-corrected chi connectivity index (χ4v) is 3.72. The first kappa shape index (κ1) is 23.0. The van der Waals surface area contributed by atoms with Crippen molar-refractivity contribution in [2.75, 3.05) is 13.7 Å². The van der Waals surface area contributed by atoms with Crippen LogP contribution in [0.5, 0.6) is 11.5 Å². The third kappa shape index (κ3) is 5.08. The Morgan fingerprint density at radius 2 is 1.88 bits per heavy atom. The molecule has 0 aliphatic rings. The maximum Gasteiger partial charge on any atom is 0.272 e. The van der Waals surface area contributed by atoms with Crippen molar-refractivity contribution in [3.63, 3.8) is 0 Å². The number of amides is 1. The Bertz CT molecular complexity index is 1370. The number of methoxy groups -OCH3 is 1. The van der Waals surface area contributed by atoms with Crippen LogP contribution in [0.3, 0.4) is 0 Å². The Labute approximate surface area is 202 Å². The number of aromatic nitrogens is 1. The second-order valence-electron chi connectivity index (χ2n) is 7.27. The zero-order chi connectivity index (χ0) is 23.9. The molecule has 0 saturated heterocycles. The average Bonchev–Trinajstić information content (AvgIpc) is 2.87. The molecule has 0 atom stereocenters. The van der Waals surface area contributed by atoms with Gasteiger partial charge in [0.2, 0.25) is 0 Å². The van der Waals surface area contributed by atoms with Crippen LogP contribution in [0.25, 0.3) is 22.2 Å². The number of nitrogens with zero attached hydrogens (tertiary/aromatic N) is 2. The highest BCUT2D eigenvalue weighted by molar-refractivity contribution is 6.32. The second kappa shape index (κ2) is 10.6. The van der Waals surface area contributed by atoms with Gasteiger partial charge in [-0.25, -0.2) is 10.4 Å². The van der Waals surface area contributed by atoms with Crippen LogP contribution in [0.15, 0.2) is 90.6 Å². The van der Waals surface area contributed by atoms with Crippen LogP contribution in [0, 0.1) is 0 Å². The van der Waals surface area contributed by atoms with Gasteiger partial charge in [-0.1, -0.05) is 72.8 Å². The average molecular weight is 472 g/mol. The maximum absolute atomic E-state index is 13.1. The molecule has 4 aromatic rings. The number of hydrazone groups is 1. The van der Waals surface area contributed by atoms with Crippen molar-refractivity contribution in [2.45, 2.75) is 0 Å². The molecule has 6 nitrogen and oxygen atoms in total. The fourth-order valence-electron chi connectivity index (χ4n) is 3.44. The number of rotatable bonds is 8. The van der Waals surface area contributed by atoms with Crippen molar-refractivity contribution in [1.29, 1.82) is 0 Å². The molecule has 4 rings (SSSR count). The summed E-state index contributed by atoms with van der Waals surface area (Å²) < 4.78 is 10.9. The number of nitrogens with one attached hydrogen (secondary N) is 1. The number of carbonyl (C=O) groups is 1. The summed E-state index contributed by atoms with van der Waals surface area (Å²) in [4.78, 5) is 17.8. The van der Waals surface area contributed by atoms with Gasteiger partial charge in [0, 0.05) is 10.9 Å². The van der Waals surface area contributed by atoms with Crippen molar-refractivity contribution in [3.05, 3.63) is 102 Å². The number of fused-ring (bicyclic) bond motifs is 1. The molecule has 1 amide bonds. The predicted octanol–water partition coefficient (Wildman–Crippen LogP) is 5.89. The van der Waals surface area contributed by atoms with Crippen LogP contribution in [-0.4, -0.2) is 30.8 Å². The Morgan fingerprint density at radius 3 is 2.65 bits per heavy atom. The van der Waals surface area contributed by atoms with Crippen LogP contribution >= 0.6 is 11.6 Å². The van der Waals surface area contributed by atoms with E-state index in [9.17, 15) is 4.79 Å². The summed E-state index contributed by atoms with van der Waals surface area (Å²) in [5.74, 6) is 0.521. The van der Waals surface area contributed by atoms with E-state index in [1.165, 1.54) is 13.3 Å². The fraction of sp³-hybridized carbons (Fsp3) is 0.0741. The lowest BCUT2D eigenvalue weighted by Gasteiger charge is -2.12. The van der Waals surface area contributed by atoms with Crippen molar-refractivity contribution in [2.24, 2.45) is 5.10 Å². The SMILES string of the molecule is C=CCOc1c(Cl)cc(/C=N/NC(=O)c2cc(-c3ccccc3)nc3ccccc23)cc1OC. The first-order valence-corrected chi connectivity index (χ1v) is 10.9. The van der Waals surface area contributed by atoms with Gasteiger partial charge in [-0.2, -0.15) is 5.10 Å². The van der Waals surface area contributed by atoms with Gasteiger partial charge in [0.25, 0.3) is 5.91 Å². The largest absolute Gasteiger partial charge is 0.493 e. The molecule has 0 aliphatic heterocycles. The first-order chi connectivity index (χ1) is 16.6. The van der Waals surface area contributed by atoms with E-state index >= 15 is 0 Å². The number of ether oxygens (including phenoxy) is 2. The molecule has 0 unspecified atom stereocenters. The van der Waals surface area contributed by atoms with Gasteiger partial charge in [-0.3, -0.25) is 4.79 Å². The molecule has 1 heterocycles. The van der Waals surface area contributed by atoms with Crippen LogP contribution in [0.4, 0.5) is 0 Å². The van der Waals surface area contributed by atoms with Crippen molar-refractivity contribution >= 4 is 34.6 Å². The van der Waals surface area contributed by atoms with Gasteiger partial charge < -0.3 is 9.47 Å². The third-order valence-corrected chi connectivity index (χ3v) is 5.29. The Kier molecular flexibility index (Phi) is 7.20. The van der Waals surface area contributed by atoms with E-state index in [0.29, 0.717) is 39.9 Å². The molecule has 0 saturated carbocycles. The summed E-state index contributed by atoms with van der Waals surface area (Å²) in [5.41, 5.74) is 6.07. The van der Waals surface area contributed by atoms with E-state index in [-0.39, 0.29) is 5.91 Å². The predicted molar refractivity (Wildman–Crippen MR) is 136 cm³/mol. The molecule has 0 fully saturated rings. The lowest BCUT2D eigenvalue weighted by atomic mass is 10.0. The number of pyridine rings is 1. The normalized spacial score (nSPS) is 10.9. The molecular weight excluding hydrogens is 450 g/mol. The summed E-state index contributed by atoms with van der Waals surface area (Å²) >= 11 is 6.33. The summed E-state index contributed by atoms with van der Waals surface area (Å²) in [6.45, 7) is 3.92. The van der Waals surface area contributed by atoms with Crippen molar-refractivity contribution in [3.8, 4) is 22.8 Å². The molecule has 1 aromatic heterocycles. The zero-order valence-corrected chi connectivity index (χ0v) is 19.3. The molecule has 0 radical (unpaired) electrons. The Morgan fingerprint density at radius 1 is 1.12 bits per heavy atom. The standard InChI is InChI=1S/C27H22ClN3O3/c1-3-13-34-26-22(28)14-18(15-25(26)33-2)17-29-31-27(32)21-16-24(19-9-5-4-6-10-19)30-23-12-8-7-11-20(21)23/h3-12,14-17H,1,13H2,2H3,(H,31,32)/b29-17+. The quantitative estimate of drug-likeness (QED) is 0.197. The summed E-state index contributed by atoms with van der Waals surface area (Å²) in [7, 11) is 1.52. The van der Waals surface area contributed by atoms with Gasteiger partial charge in [0.15, 0.2) is 11.5 Å². The Balaban J connectivity index is 1.60. The summed E-state index contributed by atoms with van der Waals surface area (Å²) in [6, 6.07) is 22.4. The Hall–Kier alpha value is -4.16. The van der Waals surface area contributed by atoms with Crippen molar-refractivity contribution < 1.29 is 14.3 Å². The highest BCUT2D eigenvalue weighted by Crippen LogP contribution is 2.36. The third-order valence-electron chi connectivity index (χ3n) is 5.01. The minimum atomic E-state index is -0.351. The van der Waals surface area contributed by atoms with Crippen LogP contribution < -0.4 is 14.9 Å². The number of para-hydroxylation sites is 1. The highest BCUT2D eigenvalue weighted by atomic mass is 35.5. The number of hydrogen-bond donors (Lipinski definition) is 1. The van der Waals surface area contributed by atoms with Gasteiger partial charge in [-0.05, 0) is 29.8 Å². The van der Waals surface area contributed by atoms with E-state index in [1.54, 1.807) is 24.3 Å². The second-order valence-corrected chi connectivity index (χ2v) is 7.68. The molecule has 0 aliphatic carbocycles. The molecule has 0 bridgehead atoms. The lowest BCUT2D eigenvalue weighted by molar-refractivity contribution is 0.0956. The van der Waals surface area contributed by atoms with Gasteiger partial charge in [0.1, 0.15) is 6.61 Å². The first-order valence-electron chi connectivity index (χ1n) is 10.5. The van der Waals surface area contributed by atoms with Crippen LogP contribution in [-0.2, 0) is 0 Å². The topological polar surface area (TPSA) is 72.8 Å². The van der Waals surface area contributed by atoms with Crippen LogP contribution in [0.2, 0.25) is 5.02 Å². The van der Waals surface area contributed by atoms with Crippen LogP contribution in [0.1, 0.15) is 15.9 Å². The number of hydrogen-bond acceptors (Lipinski definition) is 5. The van der Waals surface area contributed by atoms with E-state index in [0.717, 1.165) is 16.5 Å². The summed E-state index contributed by atoms with van der Waals surface area (Å²) in [6.07, 6.45) is 3.11. The lowest BCUT2D eigenvalue weighted by Crippen LogP contribution is -2.18. The smallest absolute Gasteiger partial charge is 0.272 e. The maximum atomic E-state index is 13.1. The van der Waals surface area contributed by atoms with E-state index in [1.807, 2.05) is 54.6 Å². The number of carbonyl (C=O) groups excluding carboxylic acids is 1. The monoisotopic (exact) mass is 471 g/mol. The van der Waals surface area contributed by atoms with E-state index in [4.69, 9.17) is 26.1 Å². The number of benzene rings is 3. The minimum Gasteiger partial charge on any atom is -0.493 e. The van der Waals surface area contributed by atoms with E-state index in [2.05, 4.69) is 17.1 Å². The van der Waals surface area contributed by atoms with Gasteiger partial charge >= 0.3 is 0 Å².